The third-order valence-electron chi connectivity index (χ3n) is 9.25. The van der Waals surface area contributed by atoms with E-state index < -0.39 is 11.0 Å². The van der Waals surface area contributed by atoms with Gasteiger partial charge in [-0.25, -0.2) is 4.79 Å². The van der Waals surface area contributed by atoms with Crippen LogP contribution in [-0.2, 0) is 20.8 Å². The van der Waals surface area contributed by atoms with Crippen molar-refractivity contribution in [2.45, 2.75) is 96.1 Å². The van der Waals surface area contributed by atoms with E-state index in [4.69, 9.17) is 14.2 Å². The van der Waals surface area contributed by atoms with Crippen molar-refractivity contribution in [2.24, 2.45) is 5.41 Å². The Morgan fingerprint density at radius 3 is 2.35 bits per heavy atom. The molecule has 1 aliphatic heterocycles. The van der Waals surface area contributed by atoms with Crippen LogP contribution in [0.3, 0.4) is 0 Å². The molecule has 6 rings (SSSR count). The molecule has 1 aromatic heterocycles. The van der Waals surface area contributed by atoms with Crippen LogP contribution in [0.25, 0.3) is 22.2 Å². The minimum Gasteiger partial charge on any atom is -0.497 e. The zero-order valence-corrected chi connectivity index (χ0v) is 24.5. The van der Waals surface area contributed by atoms with Gasteiger partial charge < -0.3 is 18.8 Å². The monoisotopic (exact) mass is 543 g/mol. The van der Waals surface area contributed by atoms with Gasteiger partial charge in [0.2, 0.25) is 0 Å². The van der Waals surface area contributed by atoms with Crippen molar-refractivity contribution >= 4 is 22.8 Å². The van der Waals surface area contributed by atoms with Gasteiger partial charge >= 0.3 is 11.9 Å². The highest BCUT2D eigenvalue weighted by molar-refractivity contribution is 6.00. The van der Waals surface area contributed by atoms with Crippen LogP contribution < -0.4 is 4.74 Å². The van der Waals surface area contributed by atoms with E-state index in [0.717, 1.165) is 36.1 Å². The number of methoxy groups -OCH3 is 2. The Labute approximate surface area is 237 Å². The normalized spacial score (nSPS) is 22.7. The molecular weight excluding hydrogens is 502 g/mol. The summed E-state index contributed by atoms with van der Waals surface area (Å²) >= 11 is 0. The number of nitrogens with zero attached hydrogens (tertiary/aromatic N) is 1. The van der Waals surface area contributed by atoms with Crippen LogP contribution >= 0.6 is 0 Å². The molecule has 0 radical (unpaired) electrons. The Bertz CT molecular complexity index is 1470. The second-order valence-electron chi connectivity index (χ2n) is 13.0. The molecule has 6 nitrogen and oxygen atoms in total. The topological polar surface area (TPSA) is 66.8 Å². The molecule has 0 spiro atoms. The lowest BCUT2D eigenvalue weighted by atomic mass is 9.82. The van der Waals surface area contributed by atoms with Gasteiger partial charge in [-0.15, -0.1) is 0 Å². The quantitative estimate of drug-likeness (QED) is 0.315. The average Bonchev–Trinajstić information content (AvgIpc) is 3.58. The lowest BCUT2D eigenvalue weighted by Gasteiger charge is -2.23. The van der Waals surface area contributed by atoms with Gasteiger partial charge in [-0.3, -0.25) is 4.79 Å². The van der Waals surface area contributed by atoms with Crippen molar-refractivity contribution in [1.82, 2.24) is 4.57 Å². The molecule has 2 aliphatic carbocycles. The van der Waals surface area contributed by atoms with Crippen molar-refractivity contribution in [3.05, 3.63) is 53.1 Å². The molecule has 2 unspecified atom stereocenters. The first-order chi connectivity index (χ1) is 19.2. The average molecular weight is 544 g/mol. The Morgan fingerprint density at radius 1 is 0.950 bits per heavy atom. The van der Waals surface area contributed by atoms with E-state index in [9.17, 15) is 9.59 Å². The number of carbonyl (C=O) groups is 2. The zero-order valence-electron chi connectivity index (χ0n) is 24.5. The number of hydrogen-bond acceptors (Lipinski definition) is 5. The van der Waals surface area contributed by atoms with Gasteiger partial charge in [0.05, 0.1) is 30.9 Å². The van der Waals surface area contributed by atoms with E-state index in [0.29, 0.717) is 18.0 Å². The van der Waals surface area contributed by atoms with Crippen LogP contribution in [0.5, 0.6) is 5.75 Å². The first-order valence-corrected chi connectivity index (χ1v) is 14.8. The minimum absolute atomic E-state index is 0.0687. The van der Waals surface area contributed by atoms with Gasteiger partial charge in [-0.05, 0) is 87.4 Å². The summed E-state index contributed by atoms with van der Waals surface area (Å²) in [6.07, 6.45) is 9.33. The predicted octanol–water partition coefficient (Wildman–Crippen LogP) is 7.76. The summed E-state index contributed by atoms with van der Waals surface area (Å²) < 4.78 is 19.1. The summed E-state index contributed by atoms with van der Waals surface area (Å²) in [4.78, 5) is 26.5. The molecule has 2 heterocycles. The van der Waals surface area contributed by atoms with Crippen molar-refractivity contribution < 1.29 is 23.8 Å². The Balaban J connectivity index is 1.62. The third kappa shape index (κ3) is 4.49. The molecule has 0 N–H and O–H groups in total. The third-order valence-corrected chi connectivity index (χ3v) is 9.25. The summed E-state index contributed by atoms with van der Waals surface area (Å²) in [5.41, 5.74) is 5.19. The number of fused-ring (bicyclic) bond motifs is 7. The molecule has 0 saturated heterocycles. The van der Waals surface area contributed by atoms with E-state index in [-0.39, 0.29) is 17.9 Å². The Hall–Kier alpha value is -3.28. The number of ether oxygens (including phenoxy) is 3. The summed E-state index contributed by atoms with van der Waals surface area (Å²) in [5.74, 6) is 0.790. The van der Waals surface area contributed by atoms with E-state index in [1.54, 1.807) is 7.11 Å². The van der Waals surface area contributed by atoms with Crippen LogP contribution in [0.4, 0.5) is 0 Å². The molecule has 3 aromatic rings. The minimum atomic E-state index is -0.632. The van der Waals surface area contributed by atoms with Gasteiger partial charge in [0.25, 0.3) is 0 Å². The van der Waals surface area contributed by atoms with Crippen LogP contribution in [0.1, 0.15) is 105 Å². The molecule has 6 heteroatoms. The van der Waals surface area contributed by atoms with Crippen molar-refractivity contribution in [3.8, 4) is 17.0 Å². The molecule has 2 atom stereocenters. The fraction of sp³-hybridized carbons (Fsp3) is 0.529. The van der Waals surface area contributed by atoms with Crippen LogP contribution in [0, 0.1) is 5.41 Å². The summed E-state index contributed by atoms with van der Waals surface area (Å²) in [7, 11) is 3.17. The largest absolute Gasteiger partial charge is 0.497 e. The number of aromatic nitrogens is 1. The molecule has 0 bridgehead atoms. The van der Waals surface area contributed by atoms with E-state index >= 15 is 0 Å². The lowest BCUT2D eigenvalue weighted by molar-refractivity contribution is -0.147. The maximum absolute atomic E-state index is 13.4. The molecule has 0 amide bonds. The summed E-state index contributed by atoms with van der Waals surface area (Å²) in [6.45, 7) is 6.19. The highest BCUT2D eigenvalue weighted by Crippen LogP contribution is 2.65. The number of benzene rings is 2. The number of carbonyl (C=O) groups excluding carboxylic acids is 2. The number of esters is 2. The number of hydrogen-bond donors (Lipinski definition) is 0. The predicted molar refractivity (Wildman–Crippen MR) is 156 cm³/mol. The van der Waals surface area contributed by atoms with Crippen molar-refractivity contribution in [2.75, 3.05) is 14.2 Å². The fourth-order valence-corrected chi connectivity index (χ4v) is 7.29. The van der Waals surface area contributed by atoms with E-state index in [2.05, 4.69) is 22.8 Å². The van der Waals surface area contributed by atoms with Gasteiger partial charge in [0.1, 0.15) is 11.4 Å². The van der Waals surface area contributed by atoms with Gasteiger partial charge in [0.15, 0.2) is 0 Å². The standard InChI is InChI=1S/C34H41NO5/c1-33(2,3)40-31(36)22-13-15-25-28(17-22)35-20-34(32(37)39-5)19-27(34)26-18-23(38-4)14-16-24(26)30(35)29(25)21-11-9-7-6-8-10-12-21/h13-18,21,27H,6-12,19-20H2,1-5H3. The lowest BCUT2D eigenvalue weighted by Crippen LogP contribution is -2.25. The second kappa shape index (κ2) is 9.97. The van der Waals surface area contributed by atoms with Gasteiger partial charge in [-0.1, -0.05) is 38.2 Å². The highest BCUT2D eigenvalue weighted by Gasteiger charge is 2.63. The molecule has 2 fully saturated rings. The molecule has 2 aromatic carbocycles. The molecule has 40 heavy (non-hydrogen) atoms. The van der Waals surface area contributed by atoms with Gasteiger partial charge in [-0.2, -0.15) is 0 Å². The number of rotatable bonds is 4. The van der Waals surface area contributed by atoms with Crippen LogP contribution in [-0.4, -0.2) is 36.3 Å². The van der Waals surface area contributed by atoms with Crippen molar-refractivity contribution in [1.29, 1.82) is 0 Å². The molecule has 212 valence electrons. The zero-order chi connectivity index (χ0) is 28.2. The highest BCUT2D eigenvalue weighted by atomic mass is 16.6. The van der Waals surface area contributed by atoms with Gasteiger partial charge in [0, 0.05) is 28.9 Å². The second-order valence-corrected chi connectivity index (χ2v) is 13.0. The Kier molecular flexibility index (Phi) is 6.71. The smallest absolute Gasteiger partial charge is 0.338 e. The maximum Gasteiger partial charge on any atom is 0.338 e. The first kappa shape index (κ1) is 26.9. The summed E-state index contributed by atoms with van der Waals surface area (Å²) in [6, 6.07) is 12.3. The van der Waals surface area contributed by atoms with Crippen LogP contribution in [0.2, 0.25) is 0 Å². The van der Waals surface area contributed by atoms with Crippen LogP contribution in [0.15, 0.2) is 36.4 Å². The molecule has 3 aliphatic rings. The SMILES string of the molecule is COC(=O)C12CC1c1cc(OC)ccc1-c1c(C3CCCCCCC3)c3ccc(C(=O)OC(C)(C)C)cc3n1C2. The summed E-state index contributed by atoms with van der Waals surface area (Å²) in [5, 5.41) is 1.17. The van der Waals surface area contributed by atoms with Crippen molar-refractivity contribution in [3.63, 3.8) is 0 Å². The van der Waals surface area contributed by atoms with E-state index in [1.165, 1.54) is 61.4 Å². The maximum atomic E-state index is 13.4. The van der Waals surface area contributed by atoms with E-state index in [1.807, 2.05) is 39.0 Å². The molecular formula is C34H41NO5. The first-order valence-electron chi connectivity index (χ1n) is 14.8. The fourth-order valence-electron chi connectivity index (χ4n) is 7.29. The molecule has 2 saturated carbocycles. The Morgan fingerprint density at radius 2 is 1.68 bits per heavy atom.